The molecule has 0 aliphatic carbocycles. The fourth-order valence-corrected chi connectivity index (χ4v) is 2.58. The lowest BCUT2D eigenvalue weighted by Gasteiger charge is -2.10. The Kier molecular flexibility index (Phi) is 3.69. The molecule has 0 radical (unpaired) electrons. The van der Waals surface area contributed by atoms with Crippen LogP contribution in [0.15, 0.2) is 54.9 Å². The van der Waals surface area contributed by atoms with Crippen LogP contribution < -0.4 is 0 Å². The Morgan fingerprint density at radius 3 is 2.64 bits per heavy atom. The Labute approximate surface area is 132 Å². The van der Waals surface area contributed by atoms with Crippen molar-refractivity contribution in [3.63, 3.8) is 0 Å². The monoisotopic (exact) mass is 312 g/mol. The molecule has 0 aliphatic heterocycles. The summed E-state index contributed by atoms with van der Waals surface area (Å²) in [7, 11) is 0. The smallest absolute Gasteiger partial charge is 0.356 e. The first-order valence-electron chi connectivity index (χ1n) is 6.70. The van der Waals surface area contributed by atoms with E-state index in [9.17, 15) is 9.90 Å². The van der Waals surface area contributed by atoms with Crippen LogP contribution in [-0.2, 0) is 0 Å². The van der Waals surface area contributed by atoms with Crippen LogP contribution in [0.1, 0.15) is 16.1 Å². The lowest BCUT2D eigenvalue weighted by Crippen LogP contribution is -2.02. The average molecular weight is 313 g/mol. The van der Waals surface area contributed by atoms with E-state index in [1.807, 2.05) is 43.3 Å². The lowest BCUT2D eigenvalue weighted by molar-refractivity contribution is 0.0692. The van der Waals surface area contributed by atoms with Gasteiger partial charge in [-0.3, -0.25) is 4.57 Å². The summed E-state index contributed by atoms with van der Waals surface area (Å²) in [5.74, 6) is -1.06. The van der Waals surface area contributed by atoms with Crippen LogP contribution in [-0.4, -0.2) is 20.6 Å². The van der Waals surface area contributed by atoms with Gasteiger partial charge in [0.2, 0.25) is 0 Å². The molecule has 4 nitrogen and oxygen atoms in total. The number of nitrogens with zero attached hydrogens (tertiary/aromatic N) is 2. The van der Waals surface area contributed by atoms with Gasteiger partial charge in [-0.05, 0) is 31.2 Å². The summed E-state index contributed by atoms with van der Waals surface area (Å²) in [6.45, 7) is 1.96. The van der Waals surface area contributed by atoms with E-state index in [2.05, 4.69) is 4.98 Å². The van der Waals surface area contributed by atoms with E-state index in [1.165, 1.54) is 6.33 Å². The minimum absolute atomic E-state index is 0.0191. The molecule has 1 aromatic heterocycles. The highest BCUT2D eigenvalue weighted by molar-refractivity contribution is 6.30. The van der Waals surface area contributed by atoms with Gasteiger partial charge in [0.1, 0.15) is 6.33 Å². The highest BCUT2D eigenvalue weighted by atomic mass is 35.5. The third-order valence-corrected chi connectivity index (χ3v) is 3.58. The highest BCUT2D eigenvalue weighted by Gasteiger charge is 2.19. The number of carbonyl (C=O) groups is 1. The van der Waals surface area contributed by atoms with Crippen LogP contribution in [0.2, 0.25) is 5.02 Å². The van der Waals surface area contributed by atoms with Crippen LogP contribution >= 0.6 is 11.6 Å². The van der Waals surface area contributed by atoms with Gasteiger partial charge < -0.3 is 5.11 Å². The summed E-state index contributed by atoms with van der Waals surface area (Å²) in [4.78, 5) is 15.5. The first kappa shape index (κ1) is 14.4. The molecule has 5 heteroatoms. The van der Waals surface area contributed by atoms with Crippen molar-refractivity contribution in [3.05, 3.63) is 71.1 Å². The topological polar surface area (TPSA) is 55.1 Å². The van der Waals surface area contributed by atoms with E-state index in [1.54, 1.807) is 16.7 Å². The summed E-state index contributed by atoms with van der Waals surface area (Å²) >= 11 is 6.04. The van der Waals surface area contributed by atoms with Gasteiger partial charge in [-0.25, -0.2) is 9.78 Å². The zero-order valence-corrected chi connectivity index (χ0v) is 12.6. The normalized spacial score (nSPS) is 10.6. The number of hydrogen-bond donors (Lipinski definition) is 1. The van der Waals surface area contributed by atoms with E-state index < -0.39 is 5.97 Å². The maximum Gasteiger partial charge on any atom is 0.356 e. The number of carboxylic acids is 1. The number of aromatic carboxylic acids is 1. The van der Waals surface area contributed by atoms with Gasteiger partial charge in [0, 0.05) is 16.3 Å². The molecule has 0 unspecified atom stereocenters. The van der Waals surface area contributed by atoms with Gasteiger partial charge in [-0.15, -0.1) is 0 Å². The van der Waals surface area contributed by atoms with Crippen LogP contribution in [0.3, 0.4) is 0 Å². The first-order valence-corrected chi connectivity index (χ1v) is 7.07. The SMILES string of the molecule is Cc1cccc(-c2c(C(=O)O)ncn2-c2cccc(Cl)c2)c1. The molecule has 1 N–H and O–H groups in total. The molecule has 0 saturated carbocycles. The van der Waals surface area contributed by atoms with E-state index >= 15 is 0 Å². The van der Waals surface area contributed by atoms with Crippen LogP contribution in [0.25, 0.3) is 16.9 Å². The third-order valence-electron chi connectivity index (χ3n) is 3.35. The summed E-state index contributed by atoms with van der Waals surface area (Å²) < 4.78 is 1.74. The molecule has 0 aliphatic rings. The number of aromatic nitrogens is 2. The van der Waals surface area contributed by atoms with E-state index in [-0.39, 0.29) is 5.69 Å². The second-order valence-electron chi connectivity index (χ2n) is 4.97. The second kappa shape index (κ2) is 5.66. The number of rotatable bonds is 3. The van der Waals surface area contributed by atoms with Crippen molar-refractivity contribution in [2.24, 2.45) is 0 Å². The van der Waals surface area contributed by atoms with Crippen molar-refractivity contribution in [3.8, 4) is 16.9 Å². The molecule has 0 fully saturated rings. The van der Waals surface area contributed by atoms with Gasteiger partial charge in [-0.2, -0.15) is 0 Å². The van der Waals surface area contributed by atoms with Gasteiger partial charge in [0.05, 0.1) is 5.69 Å². The van der Waals surface area contributed by atoms with Gasteiger partial charge in [-0.1, -0.05) is 41.4 Å². The van der Waals surface area contributed by atoms with Crippen molar-refractivity contribution < 1.29 is 9.90 Å². The van der Waals surface area contributed by atoms with Crippen molar-refractivity contribution >= 4 is 17.6 Å². The summed E-state index contributed by atoms with van der Waals surface area (Å²) in [5.41, 5.74) is 3.18. The molecule has 2 aromatic carbocycles. The number of carboxylic acid groups (broad SMARTS) is 1. The fourth-order valence-electron chi connectivity index (χ4n) is 2.39. The Morgan fingerprint density at radius 2 is 1.95 bits per heavy atom. The van der Waals surface area contributed by atoms with E-state index in [0.29, 0.717) is 10.7 Å². The fraction of sp³-hybridized carbons (Fsp3) is 0.0588. The lowest BCUT2D eigenvalue weighted by atomic mass is 10.1. The average Bonchev–Trinajstić information content (AvgIpc) is 2.92. The zero-order valence-electron chi connectivity index (χ0n) is 11.8. The molecule has 0 amide bonds. The van der Waals surface area contributed by atoms with Crippen molar-refractivity contribution in [1.82, 2.24) is 9.55 Å². The molecule has 3 aromatic rings. The van der Waals surface area contributed by atoms with Crippen molar-refractivity contribution in [1.29, 1.82) is 0 Å². The minimum Gasteiger partial charge on any atom is -0.476 e. The second-order valence-corrected chi connectivity index (χ2v) is 5.40. The quantitative estimate of drug-likeness (QED) is 0.788. The molecule has 3 rings (SSSR count). The number of aryl methyl sites for hydroxylation is 1. The van der Waals surface area contributed by atoms with Gasteiger partial charge in [0.15, 0.2) is 5.69 Å². The van der Waals surface area contributed by atoms with E-state index in [4.69, 9.17) is 11.6 Å². The third kappa shape index (κ3) is 2.61. The predicted octanol–water partition coefficient (Wildman–Crippen LogP) is 4.20. The maximum atomic E-state index is 11.5. The molecule has 1 heterocycles. The van der Waals surface area contributed by atoms with Gasteiger partial charge in [0.25, 0.3) is 0 Å². The van der Waals surface area contributed by atoms with Crippen molar-refractivity contribution in [2.75, 3.05) is 0 Å². The standard InChI is InChI=1S/C17H13ClN2O2/c1-11-4-2-5-12(8-11)16-15(17(21)22)19-10-20(16)14-7-3-6-13(18)9-14/h2-10H,1H3,(H,21,22). The number of halogens is 1. The first-order chi connectivity index (χ1) is 10.6. The molecular weight excluding hydrogens is 300 g/mol. The molecule has 0 bridgehead atoms. The number of hydrogen-bond acceptors (Lipinski definition) is 2. The summed E-state index contributed by atoms with van der Waals surface area (Å²) in [5, 5.41) is 9.99. The highest BCUT2D eigenvalue weighted by Crippen LogP contribution is 2.28. The molecule has 0 saturated heterocycles. The Morgan fingerprint density at radius 1 is 1.18 bits per heavy atom. The molecular formula is C17H13ClN2O2. The van der Waals surface area contributed by atoms with Crippen LogP contribution in [0.4, 0.5) is 0 Å². The Hall–Kier alpha value is -2.59. The molecule has 0 atom stereocenters. The summed E-state index contributed by atoms with van der Waals surface area (Å²) in [6, 6.07) is 14.9. The van der Waals surface area contributed by atoms with Crippen LogP contribution in [0.5, 0.6) is 0 Å². The molecule has 110 valence electrons. The minimum atomic E-state index is -1.06. The van der Waals surface area contributed by atoms with E-state index in [0.717, 1.165) is 16.8 Å². The molecule has 0 spiro atoms. The number of imidazole rings is 1. The number of benzene rings is 2. The predicted molar refractivity (Wildman–Crippen MR) is 85.7 cm³/mol. The Bertz CT molecular complexity index is 855. The van der Waals surface area contributed by atoms with Gasteiger partial charge >= 0.3 is 5.97 Å². The Balaban J connectivity index is 2.26. The molecule has 22 heavy (non-hydrogen) atoms. The summed E-state index contributed by atoms with van der Waals surface area (Å²) in [6.07, 6.45) is 1.51. The van der Waals surface area contributed by atoms with Crippen LogP contribution in [0, 0.1) is 6.92 Å². The zero-order chi connectivity index (χ0) is 15.7. The maximum absolute atomic E-state index is 11.5. The van der Waals surface area contributed by atoms with Crippen molar-refractivity contribution in [2.45, 2.75) is 6.92 Å². The largest absolute Gasteiger partial charge is 0.476 e.